The summed E-state index contributed by atoms with van der Waals surface area (Å²) in [4.78, 5) is 8.36. The van der Waals surface area contributed by atoms with E-state index in [1.165, 1.54) is 0 Å². The smallest absolute Gasteiger partial charge is 1.00 e. The van der Waals surface area contributed by atoms with Crippen LogP contribution in [0.25, 0.3) is 0 Å². The van der Waals surface area contributed by atoms with Crippen molar-refractivity contribution < 1.29 is 13.1 Å². The zero-order valence-corrected chi connectivity index (χ0v) is 4.63. The predicted octanol–water partition coefficient (Wildman–Crippen LogP) is -1.69. The van der Waals surface area contributed by atoms with Crippen molar-refractivity contribution in [3.8, 4) is 0 Å². The second kappa shape index (κ2) is 9.37. The molecular formula is H6AlCaNO3. The first-order valence-electron chi connectivity index (χ1n) is 0.565. The van der Waals surface area contributed by atoms with E-state index in [0.717, 1.165) is 0 Å². The molecular weight excluding hydrogens is 129 g/mol. The second-order valence-corrected chi connectivity index (χ2v) is 0.238. The van der Waals surface area contributed by atoms with Gasteiger partial charge in [0, 0.05) is 0 Å². The van der Waals surface area contributed by atoms with Gasteiger partial charge in [0.2, 0.25) is 0 Å². The van der Waals surface area contributed by atoms with E-state index < -0.39 is 5.09 Å². The Morgan fingerprint density at radius 2 is 1.83 bits per heavy atom. The van der Waals surface area contributed by atoms with E-state index in [1.807, 2.05) is 0 Å². The monoisotopic (exact) mass is 135 g/mol. The topological polar surface area (TPSA) is 63.4 Å². The Labute approximate surface area is 77.7 Å². The zero-order valence-electron chi connectivity index (χ0n) is 4.42. The van der Waals surface area contributed by atoms with Gasteiger partial charge in [-0.3, -0.25) is 0 Å². The molecule has 0 unspecified atom stereocenters. The Hall–Kier alpha value is 0.992. The quantitative estimate of drug-likeness (QED) is 0.245. The molecule has 0 saturated carbocycles. The van der Waals surface area contributed by atoms with Crippen molar-refractivity contribution >= 4 is 55.1 Å². The third-order valence-electron chi connectivity index (χ3n) is 0. The first kappa shape index (κ1) is 15.8. The number of hydrogen-bond donors (Lipinski definition) is 1. The number of rotatable bonds is 0. The molecule has 0 aromatic carbocycles. The van der Waals surface area contributed by atoms with Crippen molar-refractivity contribution in [2.75, 3.05) is 0 Å². The maximum Gasteiger partial charge on any atom is 2.00 e. The normalized spacial score (nSPS) is 4.00. The molecule has 0 fully saturated rings. The summed E-state index contributed by atoms with van der Waals surface area (Å²) in [6, 6.07) is 0. The minimum atomic E-state index is -1.50. The maximum atomic E-state index is 8.36. The predicted molar refractivity (Wildman–Crippen MR) is 26.7 cm³/mol. The molecule has 0 aromatic rings. The van der Waals surface area contributed by atoms with Gasteiger partial charge in [-0.1, -0.05) is 0 Å². The van der Waals surface area contributed by atoms with Gasteiger partial charge in [-0.15, -0.1) is 10.1 Å². The van der Waals surface area contributed by atoms with Crippen molar-refractivity contribution in [2.24, 2.45) is 0 Å². The minimum absolute atomic E-state index is 0. The standard InChI is InChI=1S/Al.Ca.HNO3.5H/c;;2-1(3)4;;;;;/h;;(H,2,3,4);;;;;/q;+2;;;;;2*-1. The van der Waals surface area contributed by atoms with Crippen LogP contribution in [0.5, 0.6) is 0 Å². The van der Waals surface area contributed by atoms with Gasteiger partial charge in [0.1, 0.15) is 0 Å². The third kappa shape index (κ3) is 80.8. The Bertz CT molecular complexity index is 40.3. The molecule has 0 saturated heterocycles. The number of nitrogens with zero attached hydrogens (tertiary/aromatic N) is 1. The fourth-order valence-electron chi connectivity index (χ4n) is 0. The average molecular weight is 135 g/mol. The minimum Gasteiger partial charge on any atom is -1.00 e. The summed E-state index contributed by atoms with van der Waals surface area (Å²) in [5.41, 5.74) is 0. The largest absolute Gasteiger partial charge is 2.00 e. The van der Waals surface area contributed by atoms with Gasteiger partial charge in [0.15, 0.2) is 17.4 Å². The molecule has 1 N–H and O–H groups in total. The Morgan fingerprint density at radius 3 is 1.83 bits per heavy atom. The van der Waals surface area contributed by atoms with Crippen LogP contribution in [0.1, 0.15) is 2.85 Å². The molecule has 0 spiro atoms. The fraction of sp³-hybridized carbons (Fsp3) is 0. The average Bonchev–Trinajstić information content (AvgIpc) is 0.811. The van der Waals surface area contributed by atoms with E-state index in [2.05, 4.69) is 0 Å². The zero-order chi connectivity index (χ0) is 3.58. The summed E-state index contributed by atoms with van der Waals surface area (Å²) in [5, 5.41) is 13.6. The second-order valence-electron chi connectivity index (χ2n) is 0.238. The van der Waals surface area contributed by atoms with Crippen LogP contribution in [-0.4, -0.2) is 65.4 Å². The van der Waals surface area contributed by atoms with E-state index in [4.69, 9.17) is 15.3 Å². The summed E-state index contributed by atoms with van der Waals surface area (Å²) in [5.74, 6) is 0. The van der Waals surface area contributed by atoms with Gasteiger partial charge in [-0.25, -0.2) is 0 Å². The Morgan fingerprint density at radius 1 is 1.83 bits per heavy atom. The van der Waals surface area contributed by atoms with Crippen LogP contribution in [0.4, 0.5) is 0 Å². The van der Waals surface area contributed by atoms with Gasteiger partial charge in [0.05, 0.1) is 0 Å². The van der Waals surface area contributed by atoms with Crippen molar-refractivity contribution in [3.63, 3.8) is 0 Å². The molecule has 0 atom stereocenters. The van der Waals surface area contributed by atoms with E-state index in [0.29, 0.717) is 0 Å². The molecule has 0 aliphatic heterocycles. The molecule has 0 bridgehead atoms. The summed E-state index contributed by atoms with van der Waals surface area (Å²) < 4.78 is 0. The summed E-state index contributed by atoms with van der Waals surface area (Å²) in [6.07, 6.45) is 0. The third-order valence-corrected chi connectivity index (χ3v) is 0. The van der Waals surface area contributed by atoms with Crippen LogP contribution < -0.4 is 0 Å². The van der Waals surface area contributed by atoms with Gasteiger partial charge in [-0.2, -0.15) is 0 Å². The van der Waals surface area contributed by atoms with Crippen molar-refractivity contribution in [1.82, 2.24) is 0 Å². The van der Waals surface area contributed by atoms with Gasteiger partial charge in [0.25, 0.3) is 5.09 Å². The van der Waals surface area contributed by atoms with Crippen LogP contribution in [0, 0.1) is 10.1 Å². The van der Waals surface area contributed by atoms with E-state index in [-0.39, 0.29) is 58.0 Å². The summed E-state index contributed by atoms with van der Waals surface area (Å²) >= 11 is 0. The molecule has 6 heteroatoms. The Balaban J connectivity index is -0.00000000750. The van der Waals surface area contributed by atoms with Crippen molar-refractivity contribution in [3.05, 3.63) is 10.1 Å². The molecule has 0 radical (unpaired) electrons. The molecule has 0 aromatic heterocycles. The maximum absolute atomic E-state index is 8.36. The van der Waals surface area contributed by atoms with Crippen LogP contribution in [-0.2, 0) is 0 Å². The fourth-order valence-corrected chi connectivity index (χ4v) is 0. The van der Waals surface area contributed by atoms with Gasteiger partial charge < -0.3 is 8.06 Å². The summed E-state index contributed by atoms with van der Waals surface area (Å²) in [7, 11) is 0. The molecule has 0 rings (SSSR count). The number of hydrogen-bond acceptors (Lipinski definition) is 2. The molecule has 0 aliphatic rings. The van der Waals surface area contributed by atoms with Crippen LogP contribution >= 0.6 is 0 Å². The van der Waals surface area contributed by atoms with Crippen LogP contribution in [0.15, 0.2) is 0 Å². The van der Waals surface area contributed by atoms with Crippen LogP contribution in [0.3, 0.4) is 0 Å². The van der Waals surface area contributed by atoms with Crippen LogP contribution in [0.2, 0.25) is 0 Å². The molecule has 34 valence electrons. The first-order chi connectivity index (χ1) is 1.73. The van der Waals surface area contributed by atoms with E-state index in [1.54, 1.807) is 0 Å². The SMILES string of the molecule is O=[N+]([O-])O.[AlH3].[Ca+2].[H-].[H-]. The molecule has 0 aliphatic carbocycles. The van der Waals surface area contributed by atoms with E-state index in [9.17, 15) is 0 Å². The molecule has 0 amide bonds. The van der Waals surface area contributed by atoms with E-state index >= 15 is 0 Å². The molecule has 6 heavy (non-hydrogen) atoms. The van der Waals surface area contributed by atoms with Gasteiger partial charge >= 0.3 is 37.7 Å². The molecule has 0 heterocycles. The summed E-state index contributed by atoms with van der Waals surface area (Å²) in [6.45, 7) is 0. The first-order valence-corrected chi connectivity index (χ1v) is 0.565. The van der Waals surface area contributed by atoms with Crippen molar-refractivity contribution in [2.45, 2.75) is 0 Å². The van der Waals surface area contributed by atoms with Crippen molar-refractivity contribution in [1.29, 1.82) is 0 Å². The van der Waals surface area contributed by atoms with Gasteiger partial charge in [-0.05, 0) is 0 Å². The Kier molecular flexibility index (Phi) is 24.6. The molecule has 4 nitrogen and oxygen atoms in total.